The molecule has 0 radical (unpaired) electrons. The van der Waals surface area contributed by atoms with Gasteiger partial charge in [0.25, 0.3) is 0 Å². The van der Waals surface area contributed by atoms with Gasteiger partial charge < -0.3 is 10.5 Å². The summed E-state index contributed by atoms with van der Waals surface area (Å²) in [6, 6.07) is 2.99. The molecule has 0 unspecified atom stereocenters. The number of nitrogens with zero attached hydrogens (tertiary/aromatic N) is 1. The summed E-state index contributed by atoms with van der Waals surface area (Å²) in [5.74, 6) is 0. The predicted molar refractivity (Wildman–Crippen MR) is 70.2 cm³/mol. The van der Waals surface area contributed by atoms with Crippen molar-refractivity contribution in [1.82, 2.24) is 4.31 Å². The first-order valence-electron chi connectivity index (χ1n) is 5.56. The number of sulfonamides is 1. The molecule has 7 heteroatoms. The van der Waals surface area contributed by atoms with Gasteiger partial charge in [-0.05, 0) is 24.6 Å². The molecule has 1 aliphatic heterocycles. The van der Waals surface area contributed by atoms with Gasteiger partial charge in [0.15, 0.2) is 0 Å². The Bertz CT molecular complexity index is 554. The van der Waals surface area contributed by atoms with Crippen molar-refractivity contribution in [2.45, 2.75) is 11.8 Å². The molecule has 5 nitrogen and oxygen atoms in total. The molecule has 0 aromatic heterocycles. The van der Waals surface area contributed by atoms with E-state index < -0.39 is 10.0 Å². The Balaban J connectivity index is 2.43. The number of benzene rings is 1. The maximum Gasteiger partial charge on any atom is 0.243 e. The average molecular weight is 291 g/mol. The Morgan fingerprint density at radius 1 is 1.33 bits per heavy atom. The van der Waals surface area contributed by atoms with Crippen molar-refractivity contribution < 1.29 is 13.2 Å². The first kappa shape index (κ1) is 13.6. The third-order valence-electron chi connectivity index (χ3n) is 2.88. The first-order chi connectivity index (χ1) is 8.43. The van der Waals surface area contributed by atoms with E-state index in [1.54, 1.807) is 13.0 Å². The quantitative estimate of drug-likeness (QED) is 0.832. The topological polar surface area (TPSA) is 72.6 Å². The van der Waals surface area contributed by atoms with Gasteiger partial charge in [0.1, 0.15) is 0 Å². The van der Waals surface area contributed by atoms with E-state index >= 15 is 0 Å². The van der Waals surface area contributed by atoms with Crippen LogP contribution < -0.4 is 5.73 Å². The highest BCUT2D eigenvalue weighted by molar-refractivity contribution is 7.89. The minimum atomic E-state index is -3.52. The molecule has 18 heavy (non-hydrogen) atoms. The zero-order valence-corrected chi connectivity index (χ0v) is 11.6. The normalized spacial score (nSPS) is 17.9. The minimum absolute atomic E-state index is 0.214. The predicted octanol–water partition coefficient (Wildman–Crippen LogP) is 1.25. The van der Waals surface area contributed by atoms with Crippen LogP contribution in [0.25, 0.3) is 0 Å². The van der Waals surface area contributed by atoms with Gasteiger partial charge in [0.05, 0.1) is 28.8 Å². The summed E-state index contributed by atoms with van der Waals surface area (Å²) < 4.78 is 31.4. The number of nitrogen functional groups attached to an aromatic ring is 1. The van der Waals surface area contributed by atoms with E-state index in [-0.39, 0.29) is 10.6 Å². The fourth-order valence-electron chi connectivity index (χ4n) is 1.87. The van der Waals surface area contributed by atoms with Crippen LogP contribution in [0.15, 0.2) is 17.0 Å². The molecular formula is C11H15ClN2O3S. The molecule has 100 valence electrons. The molecule has 1 fully saturated rings. The smallest absolute Gasteiger partial charge is 0.243 e. The maximum atomic E-state index is 12.4. The summed E-state index contributed by atoms with van der Waals surface area (Å²) in [7, 11) is -3.52. The molecule has 0 spiro atoms. The second kappa shape index (κ2) is 5.05. The third-order valence-corrected chi connectivity index (χ3v) is 5.25. The van der Waals surface area contributed by atoms with Gasteiger partial charge in [-0.2, -0.15) is 4.31 Å². The van der Waals surface area contributed by atoms with Crippen LogP contribution in [0.5, 0.6) is 0 Å². The summed E-state index contributed by atoms with van der Waals surface area (Å²) in [6.45, 7) is 3.27. The van der Waals surface area contributed by atoms with Crippen molar-refractivity contribution in [2.24, 2.45) is 0 Å². The molecule has 1 saturated heterocycles. The number of hydrogen-bond donors (Lipinski definition) is 1. The Morgan fingerprint density at radius 2 is 1.94 bits per heavy atom. The van der Waals surface area contributed by atoms with Crippen molar-refractivity contribution in [3.63, 3.8) is 0 Å². The monoisotopic (exact) mass is 290 g/mol. The summed E-state index contributed by atoms with van der Waals surface area (Å²) in [6.07, 6.45) is 0. The number of anilines is 1. The van der Waals surface area contributed by atoms with Crippen LogP contribution in [0.2, 0.25) is 5.02 Å². The molecule has 0 atom stereocenters. The number of morpholine rings is 1. The highest BCUT2D eigenvalue weighted by atomic mass is 35.5. The van der Waals surface area contributed by atoms with Crippen LogP contribution in [0, 0.1) is 6.92 Å². The number of ether oxygens (including phenoxy) is 1. The lowest BCUT2D eigenvalue weighted by Gasteiger charge is -2.26. The number of aryl methyl sites for hydroxylation is 1. The molecule has 1 aliphatic rings. The lowest BCUT2D eigenvalue weighted by Crippen LogP contribution is -2.40. The summed E-state index contributed by atoms with van der Waals surface area (Å²) in [4.78, 5) is 0.214. The number of hydrogen-bond acceptors (Lipinski definition) is 4. The Kier molecular flexibility index (Phi) is 3.82. The van der Waals surface area contributed by atoms with Gasteiger partial charge in [0, 0.05) is 13.1 Å². The highest BCUT2D eigenvalue weighted by Gasteiger charge is 2.28. The zero-order chi connectivity index (χ0) is 13.3. The molecule has 1 heterocycles. The lowest BCUT2D eigenvalue weighted by atomic mass is 10.2. The van der Waals surface area contributed by atoms with Crippen molar-refractivity contribution >= 4 is 27.3 Å². The average Bonchev–Trinajstić information content (AvgIpc) is 2.34. The molecule has 1 aromatic carbocycles. The van der Waals surface area contributed by atoms with Crippen molar-refractivity contribution in [2.75, 3.05) is 32.0 Å². The van der Waals surface area contributed by atoms with Crippen molar-refractivity contribution in [1.29, 1.82) is 0 Å². The van der Waals surface area contributed by atoms with Crippen LogP contribution in [-0.4, -0.2) is 39.0 Å². The van der Waals surface area contributed by atoms with Gasteiger partial charge in [-0.25, -0.2) is 8.42 Å². The molecule has 2 N–H and O–H groups in total. The fraction of sp³-hybridized carbons (Fsp3) is 0.455. The summed E-state index contributed by atoms with van der Waals surface area (Å²) in [5, 5.41) is 0.369. The Labute approximate surface area is 112 Å². The standard InChI is InChI=1S/C11H15ClN2O3S/c1-8-6-9(12)10(13)7-11(8)18(15,16)14-2-4-17-5-3-14/h6-7H,2-5,13H2,1H3. The highest BCUT2D eigenvalue weighted by Crippen LogP contribution is 2.28. The Hall–Kier alpha value is -0.820. The number of nitrogens with two attached hydrogens (primary N) is 1. The van der Waals surface area contributed by atoms with Crippen molar-refractivity contribution in [3.05, 3.63) is 22.7 Å². The van der Waals surface area contributed by atoms with Gasteiger partial charge in [-0.15, -0.1) is 0 Å². The van der Waals surface area contributed by atoms with Crippen LogP contribution in [0.1, 0.15) is 5.56 Å². The first-order valence-corrected chi connectivity index (χ1v) is 7.38. The molecule has 0 saturated carbocycles. The number of rotatable bonds is 2. The van der Waals surface area contributed by atoms with Gasteiger partial charge in [-0.3, -0.25) is 0 Å². The van der Waals surface area contributed by atoms with E-state index in [1.165, 1.54) is 10.4 Å². The van der Waals surface area contributed by atoms with Gasteiger partial charge in [0.2, 0.25) is 10.0 Å². The van der Waals surface area contributed by atoms with Gasteiger partial charge in [-0.1, -0.05) is 11.6 Å². The van der Waals surface area contributed by atoms with Crippen LogP contribution in [0.4, 0.5) is 5.69 Å². The largest absolute Gasteiger partial charge is 0.397 e. The van der Waals surface area contributed by atoms with Crippen molar-refractivity contribution in [3.8, 4) is 0 Å². The van der Waals surface area contributed by atoms with E-state index in [1.807, 2.05) is 0 Å². The van der Waals surface area contributed by atoms with E-state index in [0.29, 0.717) is 36.9 Å². The molecule has 0 amide bonds. The third kappa shape index (κ3) is 2.47. The van der Waals surface area contributed by atoms with E-state index in [0.717, 1.165) is 0 Å². The Morgan fingerprint density at radius 3 is 2.56 bits per heavy atom. The number of halogens is 1. The lowest BCUT2D eigenvalue weighted by molar-refractivity contribution is 0.0730. The SMILES string of the molecule is Cc1cc(Cl)c(N)cc1S(=O)(=O)N1CCOCC1. The molecular weight excluding hydrogens is 276 g/mol. The van der Waals surface area contributed by atoms with E-state index in [2.05, 4.69) is 0 Å². The second-order valence-corrected chi connectivity index (χ2v) is 6.47. The van der Waals surface area contributed by atoms with E-state index in [4.69, 9.17) is 22.1 Å². The molecule has 1 aromatic rings. The van der Waals surface area contributed by atoms with Crippen LogP contribution in [-0.2, 0) is 14.8 Å². The van der Waals surface area contributed by atoms with E-state index in [9.17, 15) is 8.42 Å². The minimum Gasteiger partial charge on any atom is -0.397 e. The second-order valence-electron chi connectivity index (χ2n) is 4.16. The van der Waals surface area contributed by atoms with Crippen LogP contribution >= 0.6 is 11.6 Å². The van der Waals surface area contributed by atoms with Gasteiger partial charge >= 0.3 is 0 Å². The zero-order valence-electron chi connectivity index (χ0n) is 10.0. The molecule has 0 bridgehead atoms. The fourth-order valence-corrected chi connectivity index (χ4v) is 3.74. The molecule has 2 rings (SSSR count). The summed E-state index contributed by atoms with van der Waals surface area (Å²) >= 11 is 5.87. The summed E-state index contributed by atoms with van der Waals surface area (Å²) in [5.41, 5.74) is 6.55. The molecule has 0 aliphatic carbocycles. The maximum absolute atomic E-state index is 12.4. The van der Waals surface area contributed by atoms with Crippen LogP contribution in [0.3, 0.4) is 0 Å².